The van der Waals surface area contributed by atoms with Gasteiger partial charge in [-0.3, -0.25) is 9.78 Å². The molecule has 1 aliphatic rings. The van der Waals surface area contributed by atoms with Gasteiger partial charge >= 0.3 is 0 Å². The third-order valence-corrected chi connectivity index (χ3v) is 6.44. The Morgan fingerprint density at radius 1 is 1.35 bits per heavy atom. The average Bonchev–Trinajstić information content (AvgIpc) is 3.06. The highest BCUT2D eigenvalue weighted by Gasteiger charge is 2.33. The highest BCUT2D eigenvalue weighted by Crippen LogP contribution is 2.41. The number of hydrogen-bond donors (Lipinski definition) is 2. The molecule has 0 aliphatic heterocycles. The first-order chi connectivity index (χ1) is 14.7. The van der Waals surface area contributed by atoms with E-state index in [2.05, 4.69) is 29.1 Å². The predicted molar refractivity (Wildman–Crippen MR) is 121 cm³/mol. The number of fused-ring (bicyclic) bond motifs is 2. The third-order valence-electron chi connectivity index (χ3n) is 6.13. The Morgan fingerprint density at radius 2 is 2.13 bits per heavy atom. The van der Waals surface area contributed by atoms with Gasteiger partial charge in [-0.25, -0.2) is 4.98 Å². The van der Waals surface area contributed by atoms with E-state index in [4.69, 9.17) is 16.3 Å². The van der Waals surface area contributed by atoms with Gasteiger partial charge < -0.3 is 15.2 Å². The van der Waals surface area contributed by atoms with Gasteiger partial charge in [-0.2, -0.15) is 0 Å². The second kappa shape index (κ2) is 8.09. The summed E-state index contributed by atoms with van der Waals surface area (Å²) in [5.74, 6) is 0.219. The van der Waals surface area contributed by atoms with E-state index in [1.165, 1.54) is 0 Å². The molecule has 1 atom stereocenters. The van der Waals surface area contributed by atoms with Gasteiger partial charge in [0.15, 0.2) is 0 Å². The van der Waals surface area contributed by atoms with Crippen molar-refractivity contribution in [1.29, 1.82) is 0 Å². The Labute approximate surface area is 186 Å². The molecule has 2 aromatic heterocycles. The van der Waals surface area contributed by atoms with Crippen LogP contribution in [0.2, 0.25) is 5.15 Å². The fourth-order valence-corrected chi connectivity index (χ4v) is 4.48. The molecule has 1 unspecified atom stereocenters. The van der Waals surface area contributed by atoms with Crippen LogP contribution in [0, 0.1) is 6.92 Å². The van der Waals surface area contributed by atoms with Crippen molar-refractivity contribution >= 4 is 28.4 Å². The van der Waals surface area contributed by atoms with Crippen LogP contribution >= 0.6 is 11.6 Å². The number of nitrogens with zero attached hydrogens (tertiary/aromatic N) is 2. The van der Waals surface area contributed by atoms with Crippen molar-refractivity contribution in [3.63, 3.8) is 0 Å². The largest absolute Gasteiger partial charge is 0.494 e. The third kappa shape index (κ3) is 3.98. The standard InChI is InChI=1S/C24H26ClN3O3/c1-13-6-8-26-21-16(13)9-14(10-20(21)31-4)23(30)27-12-19(29)18-11-17-15(22(25)28-18)5-7-24(17,2)3/h6,8-11,19,29H,5,7,12H2,1-4H3,(H,27,30). The number of aliphatic hydroxyl groups is 1. The van der Waals surface area contributed by atoms with E-state index in [1.54, 1.807) is 25.4 Å². The van der Waals surface area contributed by atoms with E-state index >= 15 is 0 Å². The number of aryl methyl sites for hydroxylation is 1. The molecule has 6 nitrogen and oxygen atoms in total. The van der Waals surface area contributed by atoms with Gasteiger partial charge in [-0.1, -0.05) is 25.4 Å². The lowest BCUT2D eigenvalue weighted by molar-refractivity contribution is 0.0914. The zero-order chi connectivity index (χ0) is 22.3. The fraction of sp³-hybridized carbons (Fsp3) is 0.375. The highest BCUT2D eigenvalue weighted by molar-refractivity contribution is 6.30. The maximum absolute atomic E-state index is 12.8. The first-order valence-electron chi connectivity index (χ1n) is 10.3. The monoisotopic (exact) mass is 439 g/mol. The topological polar surface area (TPSA) is 84.3 Å². The van der Waals surface area contributed by atoms with Crippen LogP contribution in [0.4, 0.5) is 0 Å². The van der Waals surface area contributed by atoms with Crippen molar-refractivity contribution in [3.05, 3.63) is 63.6 Å². The first kappa shape index (κ1) is 21.5. The predicted octanol–water partition coefficient (Wildman–Crippen LogP) is 4.29. The number of benzene rings is 1. The second-order valence-corrected chi connectivity index (χ2v) is 9.03. The van der Waals surface area contributed by atoms with E-state index in [0.717, 1.165) is 34.9 Å². The van der Waals surface area contributed by atoms with Crippen molar-refractivity contribution in [2.24, 2.45) is 0 Å². The van der Waals surface area contributed by atoms with Crippen molar-refractivity contribution in [2.75, 3.05) is 13.7 Å². The summed E-state index contributed by atoms with van der Waals surface area (Å²) in [7, 11) is 1.55. The normalized spacial score (nSPS) is 15.5. The SMILES string of the molecule is COc1cc(C(=O)NCC(O)c2cc3c(c(Cl)n2)CCC3(C)C)cc2c(C)ccnc12. The molecule has 7 heteroatoms. The van der Waals surface area contributed by atoms with Crippen LogP contribution in [-0.2, 0) is 11.8 Å². The Morgan fingerprint density at radius 3 is 2.87 bits per heavy atom. The zero-order valence-corrected chi connectivity index (χ0v) is 18.9. The van der Waals surface area contributed by atoms with E-state index < -0.39 is 6.10 Å². The lowest BCUT2D eigenvalue weighted by Crippen LogP contribution is -2.29. The Balaban J connectivity index is 1.54. The van der Waals surface area contributed by atoms with Gasteiger partial charge in [0.25, 0.3) is 5.91 Å². The number of carbonyl (C=O) groups is 1. The number of aromatic nitrogens is 2. The number of nitrogens with one attached hydrogen (secondary N) is 1. The Hall–Kier alpha value is -2.70. The Bertz CT molecular complexity index is 1180. The van der Waals surface area contributed by atoms with Gasteiger partial charge in [-0.15, -0.1) is 0 Å². The van der Waals surface area contributed by atoms with Crippen LogP contribution in [0.1, 0.15) is 59.1 Å². The molecule has 0 bridgehead atoms. The van der Waals surface area contributed by atoms with Gasteiger partial charge in [0.2, 0.25) is 0 Å². The molecule has 1 amide bonds. The van der Waals surface area contributed by atoms with Gasteiger partial charge in [-0.05, 0) is 66.1 Å². The molecule has 31 heavy (non-hydrogen) atoms. The number of amides is 1. The number of halogens is 1. The lowest BCUT2D eigenvalue weighted by Gasteiger charge is -2.21. The summed E-state index contributed by atoms with van der Waals surface area (Å²) >= 11 is 6.38. The summed E-state index contributed by atoms with van der Waals surface area (Å²) in [5, 5.41) is 14.8. The maximum Gasteiger partial charge on any atom is 0.251 e. The van der Waals surface area contributed by atoms with Crippen molar-refractivity contribution in [2.45, 2.75) is 45.1 Å². The molecule has 162 valence electrons. The minimum atomic E-state index is -0.964. The molecule has 0 spiro atoms. The summed E-state index contributed by atoms with van der Waals surface area (Å²) < 4.78 is 5.43. The van der Waals surface area contributed by atoms with Crippen LogP contribution in [0.5, 0.6) is 5.75 Å². The number of methoxy groups -OCH3 is 1. The average molecular weight is 440 g/mol. The number of ether oxygens (including phenoxy) is 1. The molecule has 0 fully saturated rings. The molecule has 0 radical (unpaired) electrons. The van der Waals surface area contributed by atoms with Crippen LogP contribution < -0.4 is 10.1 Å². The van der Waals surface area contributed by atoms with Crippen LogP contribution in [0.25, 0.3) is 10.9 Å². The van der Waals surface area contributed by atoms with E-state index in [-0.39, 0.29) is 17.9 Å². The number of hydrogen-bond acceptors (Lipinski definition) is 5. The van der Waals surface area contributed by atoms with E-state index in [9.17, 15) is 9.90 Å². The second-order valence-electron chi connectivity index (χ2n) is 8.68. The molecule has 0 saturated carbocycles. The number of rotatable bonds is 5. The molecule has 2 heterocycles. The number of carbonyl (C=O) groups excluding carboxylic acids is 1. The number of pyridine rings is 2. The van der Waals surface area contributed by atoms with Crippen molar-refractivity contribution < 1.29 is 14.6 Å². The molecular formula is C24H26ClN3O3. The molecule has 3 aromatic rings. The van der Waals surface area contributed by atoms with Gasteiger partial charge in [0, 0.05) is 23.7 Å². The lowest BCUT2D eigenvalue weighted by atomic mass is 9.86. The smallest absolute Gasteiger partial charge is 0.251 e. The van der Waals surface area contributed by atoms with Crippen molar-refractivity contribution in [1.82, 2.24) is 15.3 Å². The minimum absolute atomic E-state index is 0.00677. The maximum atomic E-state index is 12.8. The molecule has 2 N–H and O–H groups in total. The van der Waals surface area contributed by atoms with E-state index in [1.807, 2.05) is 19.1 Å². The summed E-state index contributed by atoms with van der Waals surface area (Å²) in [6.45, 7) is 6.31. The summed E-state index contributed by atoms with van der Waals surface area (Å²) in [6, 6.07) is 7.25. The quantitative estimate of drug-likeness (QED) is 0.579. The first-order valence-corrected chi connectivity index (χ1v) is 10.7. The van der Waals surface area contributed by atoms with E-state index in [0.29, 0.717) is 27.7 Å². The van der Waals surface area contributed by atoms with Crippen molar-refractivity contribution in [3.8, 4) is 5.75 Å². The molecule has 1 aromatic carbocycles. The van der Waals surface area contributed by atoms with Crippen LogP contribution in [0.3, 0.4) is 0 Å². The summed E-state index contributed by atoms with van der Waals surface area (Å²) in [6.07, 6.45) is 2.64. The molecule has 0 saturated heterocycles. The summed E-state index contributed by atoms with van der Waals surface area (Å²) in [4.78, 5) is 21.6. The van der Waals surface area contributed by atoms with Crippen LogP contribution in [-0.4, -0.2) is 34.6 Å². The van der Waals surface area contributed by atoms with Gasteiger partial charge in [0.05, 0.1) is 12.8 Å². The fourth-order valence-electron chi connectivity index (χ4n) is 4.18. The highest BCUT2D eigenvalue weighted by atomic mass is 35.5. The Kier molecular flexibility index (Phi) is 5.62. The van der Waals surface area contributed by atoms with Gasteiger partial charge in [0.1, 0.15) is 22.5 Å². The number of aliphatic hydroxyl groups excluding tert-OH is 1. The molecule has 1 aliphatic carbocycles. The minimum Gasteiger partial charge on any atom is -0.494 e. The summed E-state index contributed by atoms with van der Waals surface area (Å²) in [5.41, 5.74) is 4.78. The molecule has 4 rings (SSSR count). The molecular weight excluding hydrogens is 414 g/mol. The van der Waals surface area contributed by atoms with Crippen LogP contribution in [0.15, 0.2) is 30.5 Å². The zero-order valence-electron chi connectivity index (χ0n) is 18.1.